The Bertz CT molecular complexity index is 813. The van der Waals surface area contributed by atoms with Crippen molar-refractivity contribution in [3.8, 4) is 11.5 Å². The lowest BCUT2D eigenvalue weighted by atomic mass is 9.86. The number of carbonyl (C=O) groups is 1. The Kier molecular flexibility index (Phi) is 4.58. The Labute approximate surface area is 154 Å². The molecular weight excluding hydrogens is 326 g/mol. The number of rotatable bonds is 5. The number of nitrogens with zero attached hydrogens (tertiary/aromatic N) is 1. The van der Waals surface area contributed by atoms with Gasteiger partial charge < -0.3 is 14.4 Å². The zero-order valence-electron chi connectivity index (χ0n) is 15.4. The molecule has 2 aliphatic carbocycles. The number of hydrogen-bond acceptors (Lipinski definition) is 3. The van der Waals surface area contributed by atoms with Crippen LogP contribution in [0.25, 0.3) is 0 Å². The van der Waals surface area contributed by atoms with Gasteiger partial charge in [0.25, 0.3) is 5.91 Å². The summed E-state index contributed by atoms with van der Waals surface area (Å²) in [7, 11) is 3.21. The van der Waals surface area contributed by atoms with Gasteiger partial charge in [-0.05, 0) is 61.4 Å². The van der Waals surface area contributed by atoms with Gasteiger partial charge in [0.2, 0.25) is 0 Å². The second-order valence-electron chi connectivity index (χ2n) is 7.12. The second kappa shape index (κ2) is 7.02. The quantitative estimate of drug-likeness (QED) is 0.802. The van der Waals surface area contributed by atoms with E-state index in [9.17, 15) is 4.79 Å². The van der Waals surface area contributed by atoms with Crippen LogP contribution >= 0.6 is 0 Å². The number of amides is 1. The van der Waals surface area contributed by atoms with Gasteiger partial charge in [0.15, 0.2) is 11.5 Å². The predicted octanol–water partition coefficient (Wildman–Crippen LogP) is 4.39. The van der Waals surface area contributed by atoms with E-state index < -0.39 is 0 Å². The lowest BCUT2D eigenvalue weighted by Gasteiger charge is -2.36. The normalized spacial score (nSPS) is 18.8. The van der Waals surface area contributed by atoms with E-state index in [2.05, 4.69) is 29.2 Å². The Hall–Kier alpha value is -2.49. The molecule has 0 N–H and O–H groups in total. The highest BCUT2D eigenvalue weighted by atomic mass is 16.5. The first-order chi connectivity index (χ1) is 12.7. The van der Waals surface area contributed by atoms with Crippen LogP contribution in [0.2, 0.25) is 0 Å². The second-order valence-corrected chi connectivity index (χ2v) is 7.12. The van der Waals surface area contributed by atoms with E-state index in [1.165, 1.54) is 11.1 Å². The molecule has 0 heterocycles. The molecule has 0 saturated heterocycles. The summed E-state index contributed by atoms with van der Waals surface area (Å²) in [5, 5.41) is 0. The SMILES string of the molecule is COc1ccc(C(=O)N(C2CC2)C2CCCc3ccccc32)cc1OC. The molecule has 4 heteroatoms. The molecule has 0 aromatic heterocycles. The topological polar surface area (TPSA) is 38.8 Å². The minimum Gasteiger partial charge on any atom is -0.493 e. The highest BCUT2D eigenvalue weighted by molar-refractivity contribution is 5.95. The fourth-order valence-electron chi connectivity index (χ4n) is 4.05. The lowest BCUT2D eigenvalue weighted by Crippen LogP contribution is -2.38. The molecular formula is C22H25NO3. The van der Waals surface area contributed by atoms with Crippen LogP contribution < -0.4 is 9.47 Å². The zero-order chi connectivity index (χ0) is 18.1. The van der Waals surface area contributed by atoms with Gasteiger partial charge in [0, 0.05) is 11.6 Å². The zero-order valence-corrected chi connectivity index (χ0v) is 15.4. The van der Waals surface area contributed by atoms with Crippen LogP contribution in [0.4, 0.5) is 0 Å². The van der Waals surface area contributed by atoms with Crippen molar-refractivity contribution in [1.82, 2.24) is 4.90 Å². The van der Waals surface area contributed by atoms with Crippen LogP contribution in [-0.2, 0) is 6.42 Å². The smallest absolute Gasteiger partial charge is 0.254 e. The van der Waals surface area contributed by atoms with E-state index in [-0.39, 0.29) is 11.9 Å². The summed E-state index contributed by atoms with van der Waals surface area (Å²) in [6.45, 7) is 0. The molecule has 2 aromatic carbocycles. The molecule has 4 nitrogen and oxygen atoms in total. The molecule has 1 atom stereocenters. The molecule has 136 valence electrons. The molecule has 26 heavy (non-hydrogen) atoms. The maximum Gasteiger partial charge on any atom is 0.254 e. The van der Waals surface area contributed by atoms with Crippen molar-refractivity contribution in [3.63, 3.8) is 0 Å². The number of benzene rings is 2. The molecule has 0 bridgehead atoms. The Morgan fingerprint density at radius 1 is 1.00 bits per heavy atom. The molecule has 0 aliphatic heterocycles. The fourth-order valence-corrected chi connectivity index (χ4v) is 4.05. The summed E-state index contributed by atoms with van der Waals surface area (Å²) in [5.41, 5.74) is 3.37. The minimum absolute atomic E-state index is 0.0927. The third-order valence-corrected chi connectivity index (χ3v) is 5.48. The lowest BCUT2D eigenvalue weighted by molar-refractivity contribution is 0.0637. The molecule has 1 amide bonds. The first kappa shape index (κ1) is 17.0. The number of methoxy groups -OCH3 is 2. The van der Waals surface area contributed by atoms with Crippen LogP contribution in [0.15, 0.2) is 42.5 Å². The van der Waals surface area contributed by atoms with Crippen molar-refractivity contribution in [2.45, 2.75) is 44.2 Å². The number of aryl methyl sites for hydroxylation is 1. The highest BCUT2D eigenvalue weighted by Gasteiger charge is 2.39. The fraction of sp³-hybridized carbons (Fsp3) is 0.409. The number of fused-ring (bicyclic) bond motifs is 1. The summed E-state index contributed by atoms with van der Waals surface area (Å²) < 4.78 is 10.7. The molecule has 0 spiro atoms. The minimum atomic E-state index is 0.0927. The molecule has 1 fully saturated rings. The van der Waals surface area contributed by atoms with Crippen molar-refractivity contribution in [2.75, 3.05) is 14.2 Å². The van der Waals surface area contributed by atoms with Crippen LogP contribution in [0.3, 0.4) is 0 Å². The van der Waals surface area contributed by atoms with Crippen LogP contribution in [0.5, 0.6) is 11.5 Å². The van der Waals surface area contributed by atoms with E-state index in [1.54, 1.807) is 20.3 Å². The Morgan fingerprint density at radius 3 is 2.50 bits per heavy atom. The number of hydrogen-bond donors (Lipinski definition) is 0. The van der Waals surface area contributed by atoms with Gasteiger partial charge in [-0.15, -0.1) is 0 Å². The van der Waals surface area contributed by atoms with E-state index in [0.717, 1.165) is 32.1 Å². The van der Waals surface area contributed by atoms with Gasteiger partial charge >= 0.3 is 0 Å². The summed E-state index contributed by atoms with van der Waals surface area (Å²) in [4.78, 5) is 15.6. The maximum atomic E-state index is 13.4. The van der Waals surface area contributed by atoms with E-state index >= 15 is 0 Å². The van der Waals surface area contributed by atoms with Gasteiger partial charge in [-0.25, -0.2) is 0 Å². The number of carbonyl (C=O) groups excluding carboxylic acids is 1. The first-order valence-electron chi connectivity index (χ1n) is 9.35. The predicted molar refractivity (Wildman–Crippen MR) is 101 cm³/mol. The van der Waals surface area contributed by atoms with E-state index in [1.807, 2.05) is 12.1 Å². The number of ether oxygens (including phenoxy) is 2. The van der Waals surface area contributed by atoms with E-state index in [0.29, 0.717) is 23.1 Å². The van der Waals surface area contributed by atoms with Gasteiger partial charge in [0.05, 0.1) is 20.3 Å². The van der Waals surface area contributed by atoms with Gasteiger partial charge in [-0.3, -0.25) is 4.79 Å². The maximum absolute atomic E-state index is 13.4. The summed E-state index contributed by atoms with van der Waals surface area (Å²) in [6, 6.07) is 14.6. The summed E-state index contributed by atoms with van der Waals surface area (Å²) >= 11 is 0. The van der Waals surface area contributed by atoms with Crippen molar-refractivity contribution in [2.24, 2.45) is 0 Å². The van der Waals surface area contributed by atoms with Crippen molar-refractivity contribution in [3.05, 3.63) is 59.2 Å². The summed E-state index contributed by atoms with van der Waals surface area (Å²) in [6.07, 6.45) is 5.46. The van der Waals surface area contributed by atoms with Gasteiger partial charge in [-0.2, -0.15) is 0 Å². The molecule has 2 aliphatic rings. The molecule has 4 rings (SSSR count). The van der Waals surface area contributed by atoms with Crippen LogP contribution in [0, 0.1) is 0 Å². The Balaban J connectivity index is 1.69. The Morgan fingerprint density at radius 2 is 1.77 bits per heavy atom. The molecule has 1 unspecified atom stereocenters. The van der Waals surface area contributed by atoms with Crippen molar-refractivity contribution in [1.29, 1.82) is 0 Å². The standard InChI is InChI=1S/C22H25NO3/c1-25-20-13-10-16(14-21(20)26-2)22(24)23(17-11-12-17)19-9-5-7-15-6-3-4-8-18(15)19/h3-4,6,8,10,13-14,17,19H,5,7,9,11-12H2,1-2H3. The average Bonchev–Trinajstić information content (AvgIpc) is 3.52. The van der Waals surface area contributed by atoms with Gasteiger partial charge in [-0.1, -0.05) is 24.3 Å². The highest BCUT2D eigenvalue weighted by Crippen LogP contribution is 2.42. The van der Waals surface area contributed by atoms with Gasteiger partial charge in [0.1, 0.15) is 0 Å². The third-order valence-electron chi connectivity index (χ3n) is 5.48. The van der Waals surface area contributed by atoms with Crippen molar-refractivity contribution < 1.29 is 14.3 Å². The summed E-state index contributed by atoms with van der Waals surface area (Å²) in [5.74, 6) is 1.33. The van der Waals surface area contributed by atoms with E-state index in [4.69, 9.17) is 9.47 Å². The van der Waals surface area contributed by atoms with Crippen LogP contribution in [0.1, 0.15) is 53.2 Å². The first-order valence-corrected chi connectivity index (χ1v) is 9.35. The average molecular weight is 351 g/mol. The van der Waals surface area contributed by atoms with Crippen LogP contribution in [-0.4, -0.2) is 31.1 Å². The molecule has 2 aromatic rings. The molecule has 1 saturated carbocycles. The van der Waals surface area contributed by atoms with Crippen molar-refractivity contribution >= 4 is 5.91 Å². The molecule has 0 radical (unpaired) electrons. The third kappa shape index (κ3) is 3.05. The largest absolute Gasteiger partial charge is 0.493 e. The monoisotopic (exact) mass is 351 g/mol.